The van der Waals surface area contributed by atoms with Crippen molar-refractivity contribution in [3.63, 3.8) is 0 Å². The third-order valence-electron chi connectivity index (χ3n) is 2.17. The summed E-state index contributed by atoms with van der Waals surface area (Å²) in [5, 5.41) is 10.2. The zero-order valence-corrected chi connectivity index (χ0v) is 9.85. The Balaban J connectivity index is 3.03. The topological polar surface area (TPSA) is 63.5 Å². The van der Waals surface area contributed by atoms with Crippen molar-refractivity contribution in [2.45, 2.75) is 6.04 Å². The van der Waals surface area contributed by atoms with E-state index in [4.69, 9.17) is 0 Å². The van der Waals surface area contributed by atoms with E-state index in [1.54, 1.807) is 31.1 Å². The summed E-state index contributed by atoms with van der Waals surface area (Å²) in [5.74, 6) is 0. The van der Waals surface area contributed by atoms with E-state index in [1.807, 2.05) is 0 Å². The van der Waals surface area contributed by atoms with E-state index in [0.29, 0.717) is 5.56 Å². The summed E-state index contributed by atoms with van der Waals surface area (Å²) in [5.41, 5.74) is 0.698. The Morgan fingerprint density at radius 3 is 2.19 bits per heavy atom. The quantitative estimate of drug-likeness (QED) is 0.494. The maximum absolute atomic E-state index is 11.3. The minimum atomic E-state index is -0.482. The molecule has 86 valence electrons. The molecule has 0 fully saturated rings. The normalized spacial score (nSPS) is 12.5. The standard InChI is InChI=1S/C10H12N2O3S/c1-11(2)9(10(13)16)7-3-5-8(6-4-7)12(14)15/h3-6,9H,1-2H3,(H,13,16). The number of likely N-dealkylation sites (N-methyl/N-ethyl adjacent to an activating group) is 1. The number of rotatable bonds is 4. The van der Waals surface area contributed by atoms with E-state index < -0.39 is 11.0 Å². The molecule has 0 spiro atoms. The van der Waals surface area contributed by atoms with Gasteiger partial charge in [-0.2, -0.15) is 0 Å². The monoisotopic (exact) mass is 240 g/mol. The average Bonchev–Trinajstić information content (AvgIpc) is 2.17. The summed E-state index contributed by atoms with van der Waals surface area (Å²) in [7, 11) is 3.50. The predicted octanol–water partition coefficient (Wildman–Crippen LogP) is 1.65. The number of carbonyl (C=O) groups excluding carboxylic acids is 1. The first-order valence-corrected chi connectivity index (χ1v) is 5.02. The summed E-state index contributed by atoms with van der Waals surface area (Å²) in [6, 6.07) is 5.41. The van der Waals surface area contributed by atoms with Gasteiger partial charge in [0, 0.05) is 12.1 Å². The Hall–Kier alpha value is -1.40. The third-order valence-corrected chi connectivity index (χ3v) is 2.41. The first-order chi connectivity index (χ1) is 7.43. The summed E-state index contributed by atoms with van der Waals surface area (Å²) in [4.78, 5) is 23.0. The molecule has 0 N–H and O–H groups in total. The molecule has 1 rings (SSSR count). The van der Waals surface area contributed by atoms with Crippen LogP contribution in [0.4, 0.5) is 5.69 Å². The maximum atomic E-state index is 11.3. The Morgan fingerprint density at radius 1 is 1.38 bits per heavy atom. The van der Waals surface area contributed by atoms with Gasteiger partial charge < -0.3 is 0 Å². The van der Waals surface area contributed by atoms with E-state index in [2.05, 4.69) is 12.6 Å². The molecule has 6 heteroatoms. The van der Waals surface area contributed by atoms with Gasteiger partial charge >= 0.3 is 0 Å². The Morgan fingerprint density at radius 2 is 1.88 bits per heavy atom. The molecule has 0 aromatic heterocycles. The molecule has 1 atom stereocenters. The highest BCUT2D eigenvalue weighted by molar-refractivity contribution is 7.96. The van der Waals surface area contributed by atoms with E-state index in [1.165, 1.54) is 12.1 Å². The highest BCUT2D eigenvalue weighted by Crippen LogP contribution is 2.23. The summed E-state index contributed by atoms with van der Waals surface area (Å²) < 4.78 is 0. The zero-order chi connectivity index (χ0) is 12.3. The van der Waals surface area contributed by atoms with Crippen molar-refractivity contribution in [2.24, 2.45) is 0 Å². The lowest BCUT2D eigenvalue weighted by molar-refractivity contribution is -0.384. The molecule has 0 amide bonds. The van der Waals surface area contributed by atoms with Gasteiger partial charge in [-0.15, -0.1) is 12.6 Å². The summed E-state index contributed by atoms with van der Waals surface area (Å²) >= 11 is 3.80. The van der Waals surface area contributed by atoms with E-state index in [-0.39, 0.29) is 10.8 Å². The second kappa shape index (κ2) is 5.09. The minimum absolute atomic E-state index is 0.00729. The van der Waals surface area contributed by atoms with Crippen molar-refractivity contribution >= 4 is 23.4 Å². The van der Waals surface area contributed by atoms with Crippen LogP contribution < -0.4 is 0 Å². The molecular formula is C10H12N2O3S. The fraction of sp³-hybridized carbons (Fsp3) is 0.300. The van der Waals surface area contributed by atoms with Crippen LogP contribution in [0.25, 0.3) is 0 Å². The molecule has 0 aliphatic heterocycles. The average molecular weight is 240 g/mol. The molecule has 1 unspecified atom stereocenters. The molecule has 5 nitrogen and oxygen atoms in total. The third kappa shape index (κ3) is 2.80. The lowest BCUT2D eigenvalue weighted by Gasteiger charge is -2.20. The summed E-state index contributed by atoms with van der Waals surface area (Å²) in [6.07, 6.45) is 0. The Labute approximate surface area is 98.6 Å². The van der Waals surface area contributed by atoms with Crippen molar-refractivity contribution in [3.05, 3.63) is 39.9 Å². The Kier molecular flexibility index (Phi) is 4.03. The van der Waals surface area contributed by atoms with Gasteiger partial charge in [-0.25, -0.2) is 0 Å². The molecule has 1 aromatic carbocycles. The molecule has 0 saturated carbocycles. The number of thiol groups is 1. The highest BCUT2D eigenvalue weighted by Gasteiger charge is 2.20. The second-order valence-electron chi connectivity index (χ2n) is 3.55. The van der Waals surface area contributed by atoms with Gasteiger partial charge in [0.05, 0.1) is 4.92 Å². The number of nitrogens with zero attached hydrogens (tertiary/aromatic N) is 2. The Bertz CT molecular complexity index is 403. The van der Waals surface area contributed by atoms with Crippen LogP contribution in [-0.2, 0) is 4.79 Å². The minimum Gasteiger partial charge on any atom is -0.295 e. The SMILES string of the molecule is CN(C)C(C(=O)S)c1ccc([N+](=O)[O-])cc1. The van der Waals surface area contributed by atoms with Crippen LogP contribution in [0.2, 0.25) is 0 Å². The fourth-order valence-electron chi connectivity index (χ4n) is 1.44. The van der Waals surface area contributed by atoms with E-state index in [0.717, 1.165) is 0 Å². The van der Waals surface area contributed by atoms with Crippen molar-refractivity contribution in [2.75, 3.05) is 14.1 Å². The van der Waals surface area contributed by atoms with Crippen LogP contribution in [-0.4, -0.2) is 29.0 Å². The van der Waals surface area contributed by atoms with Gasteiger partial charge in [0.15, 0.2) is 0 Å². The molecule has 16 heavy (non-hydrogen) atoms. The largest absolute Gasteiger partial charge is 0.295 e. The molecule has 0 aliphatic carbocycles. The zero-order valence-electron chi connectivity index (χ0n) is 8.95. The van der Waals surface area contributed by atoms with E-state index in [9.17, 15) is 14.9 Å². The van der Waals surface area contributed by atoms with Gasteiger partial charge in [-0.1, -0.05) is 12.1 Å². The number of nitro groups is 1. The number of benzene rings is 1. The molecule has 0 radical (unpaired) electrons. The van der Waals surface area contributed by atoms with Gasteiger partial charge in [0.1, 0.15) is 6.04 Å². The second-order valence-corrected chi connectivity index (χ2v) is 3.99. The molecular weight excluding hydrogens is 228 g/mol. The van der Waals surface area contributed by atoms with Crippen LogP contribution in [0.1, 0.15) is 11.6 Å². The van der Waals surface area contributed by atoms with Crippen LogP contribution in [0.3, 0.4) is 0 Å². The first-order valence-electron chi connectivity index (χ1n) is 4.57. The van der Waals surface area contributed by atoms with Crippen LogP contribution >= 0.6 is 12.6 Å². The van der Waals surface area contributed by atoms with Gasteiger partial charge in [0.25, 0.3) is 5.69 Å². The number of hydrogen-bond acceptors (Lipinski definition) is 4. The van der Waals surface area contributed by atoms with Gasteiger partial charge in [0.2, 0.25) is 5.12 Å². The molecule has 0 bridgehead atoms. The number of nitro benzene ring substituents is 1. The smallest absolute Gasteiger partial charge is 0.269 e. The number of hydrogen-bond donors (Lipinski definition) is 1. The fourth-order valence-corrected chi connectivity index (χ4v) is 1.82. The number of non-ortho nitro benzene ring substituents is 1. The van der Waals surface area contributed by atoms with Crippen molar-refractivity contribution in [1.82, 2.24) is 4.90 Å². The maximum Gasteiger partial charge on any atom is 0.269 e. The van der Waals surface area contributed by atoms with Crippen molar-refractivity contribution < 1.29 is 9.72 Å². The van der Waals surface area contributed by atoms with Crippen LogP contribution in [0.15, 0.2) is 24.3 Å². The molecule has 0 heterocycles. The molecule has 0 saturated heterocycles. The van der Waals surface area contributed by atoms with Crippen LogP contribution in [0, 0.1) is 10.1 Å². The lowest BCUT2D eigenvalue weighted by Crippen LogP contribution is -2.24. The lowest BCUT2D eigenvalue weighted by atomic mass is 10.1. The van der Waals surface area contributed by atoms with Crippen molar-refractivity contribution in [3.8, 4) is 0 Å². The van der Waals surface area contributed by atoms with Gasteiger partial charge in [-0.05, 0) is 19.7 Å². The van der Waals surface area contributed by atoms with Crippen LogP contribution in [0.5, 0.6) is 0 Å². The number of carbonyl (C=O) groups is 1. The van der Waals surface area contributed by atoms with E-state index >= 15 is 0 Å². The van der Waals surface area contributed by atoms with Gasteiger partial charge in [-0.3, -0.25) is 19.8 Å². The highest BCUT2D eigenvalue weighted by atomic mass is 32.1. The molecule has 1 aromatic rings. The first kappa shape index (κ1) is 12.7. The predicted molar refractivity (Wildman–Crippen MR) is 63.5 cm³/mol. The van der Waals surface area contributed by atoms with Crippen molar-refractivity contribution in [1.29, 1.82) is 0 Å². The molecule has 0 aliphatic rings. The summed E-state index contributed by atoms with van der Waals surface area (Å²) in [6.45, 7) is 0.